The number of carbonyl (C=O) groups is 2. The van der Waals surface area contributed by atoms with Crippen molar-refractivity contribution in [2.45, 2.75) is 13.5 Å². The van der Waals surface area contributed by atoms with Crippen molar-refractivity contribution in [1.82, 2.24) is 9.78 Å². The summed E-state index contributed by atoms with van der Waals surface area (Å²) in [5.41, 5.74) is 8.19. The van der Waals surface area contributed by atoms with Gasteiger partial charge in [0.25, 0.3) is 0 Å². The average molecular weight is 284 g/mol. The number of amides is 1. The Labute approximate surface area is 122 Å². The summed E-state index contributed by atoms with van der Waals surface area (Å²) in [4.78, 5) is 22.2. The first-order valence-electron chi connectivity index (χ1n) is 6.37. The molecule has 0 atom stereocenters. The molecule has 108 valence electrons. The van der Waals surface area contributed by atoms with Crippen LogP contribution in [-0.2, 0) is 11.3 Å². The molecule has 0 aliphatic carbocycles. The molecule has 0 saturated carbocycles. The van der Waals surface area contributed by atoms with E-state index >= 15 is 0 Å². The number of hydrogen-bond donors (Lipinski definition) is 2. The van der Waals surface area contributed by atoms with Gasteiger partial charge in [0.1, 0.15) is 11.5 Å². The van der Waals surface area contributed by atoms with Crippen molar-refractivity contribution < 1.29 is 9.59 Å². The zero-order chi connectivity index (χ0) is 15.4. The summed E-state index contributed by atoms with van der Waals surface area (Å²) in [6.07, 6.45) is 2.35. The number of carbonyl (C=O) groups excluding carboxylic acids is 2. The van der Waals surface area contributed by atoms with Crippen molar-refractivity contribution in [3.8, 4) is 11.3 Å². The first-order valence-corrected chi connectivity index (χ1v) is 6.37. The second-order valence-electron chi connectivity index (χ2n) is 4.49. The third-order valence-electron chi connectivity index (χ3n) is 2.93. The minimum Gasteiger partial charge on any atom is -0.383 e. The molecule has 0 spiro atoms. The predicted octanol–water partition coefficient (Wildman–Crippen LogP) is 2.09. The van der Waals surface area contributed by atoms with Gasteiger partial charge >= 0.3 is 0 Å². The van der Waals surface area contributed by atoms with Crippen molar-refractivity contribution in [2.75, 3.05) is 11.1 Å². The number of hydrogen-bond acceptors (Lipinski definition) is 4. The Hall–Kier alpha value is -2.89. The predicted molar refractivity (Wildman–Crippen MR) is 82.0 cm³/mol. The van der Waals surface area contributed by atoms with Crippen LogP contribution in [0.4, 0.5) is 11.5 Å². The molecule has 0 unspecified atom stereocenters. The second-order valence-corrected chi connectivity index (χ2v) is 4.49. The molecule has 21 heavy (non-hydrogen) atoms. The molecule has 2 rings (SSSR count). The first kappa shape index (κ1) is 14.5. The average Bonchev–Trinajstić information content (AvgIpc) is 2.76. The van der Waals surface area contributed by atoms with Crippen molar-refractivity contribution >= 4 is 23.7 Å². The van der Waals surface area contributed by atoms with Gasteiger partial charge in [-0.25, -0.2) is 4.68 Å². The summed E-state index contributed by atoms with van der Waals surface area (Å²) in [6.45, 7) is 5.50. The van der Waals surface area contributed by atoms with Gasteiger partial charge in [-0.15, -0.1) is 6.58 Å². The molecule has 1 aromatic carbocycles. The summed E-state index contributed by atoms with van der Waals surface area (Å²) >= 11 is 0. The third-order valence-corrected chi connectivity index (χ3v) is 2.93. The molecule has 0 radical (unpaired) electrons. The van der Waals surface area contributed by atoms with Crippen LogP contribution in [0.25, 0.3) is 11.3 Å². The maximum absolute atomic E-state index is 11.2. The molecule has 3 N–H and O–H groups in total. The van der Waals surface area contributed by atoms with Crippen molar-refractivity contribution in [1.29, 1.82) is 0 Å². The Balaban J connectivity index is 2.41. The number of allylic oxidation sites excluding steroid dienone is 1. The molecule has 1 aromatic heterocycles. The number of nitrogen functional groups attached to an aromatic ring is 1. The molecule has 0 aliphatic rings. The number of benzene rings is 1. The zero-order valence-electron chi connectivity index (χ0n) is 11.7. The van der Waals surface area contributed by atoms with Crippen LogP contribution < -0.4 is 11.1 Å². The number of nitrogens with zero attached hydrogens (tertiary/aromatic N) is 2. The molecule has 6 heteroatoms. The fourth-order valence-corrected chi connectivity index (χ4v) is 1.99. The monoisotopic (exact) mass is 284 g/mol. The van der Waals surface area contributed by atoms with E-state index in [1.165, 1.54) is 11.6 Å². The highest BCUT2D eigenvalue weighted by Gasteiger charge is 2.15. The largest absolute Gasteiger partial charge is 0.383 e. The van der Waals surface area contributed by atoms with Crippen molar-refractivity contribution in [3.05, 3.63) is 42.5 Å². The van der Waals surface area contributed by atoms with Crippen LogP contribution in [-0.4, -0.2) is 22.0 Å². The normalized spacial score (nSPS) is 10.1. The number of nitrogens with one attached hydrogen (secondary N) is 1. The summed E-state index contributed by atoms with van der Waals surface area (Å²) in [6, 6.07) is 7.04. The van der Waals surface area contributed by atoms with E-state index < -0.39 is 0 Å². The third kappa shape index (κ3) is 3.00. The van der Waals surface area contributed by atoms with E-state index in [-0.39, 0.29) is 5.91 Å². The lowest BCUT2D eigenvalue weighted by Gasteiger charge is -2.03. The SMILES string of the molecule is C=CCn1nc(-c2ccc(NC(C)=O)cc2)c(C=O)c1N. The first-order chi connectivity index (χ1) is 10.1. The van der Waals surface area contributed by atoms with E-state index in [1.54, 1.807) is 30.3 Å². The van der Waals surface area contributed by atoms with Crippen molar-refractivity contribution in [2.24, 2.45) is 0 Å². The number of aromatic nitrogens is 2. The van der Waals surface area contributed by atoms with Crippen molar-refractivity contribution in [3.63, 3.8) is 0 Å². The van der Waals surface area contributed by atoms with Crippen LogP contribution in [0.5, 0.6) is 0 Å². The molecule has 0 bridgehead atoms. The van der Waals surface area contributed by atoms with E-state index in [9.17, 15) is 9.59 Å². The zero-order valence-corrected chi connectivity index (χ0v) is 11.7. The Kier molecular flexibility index (Phi) is 4.18. The number of nitrogens with two attached hydrogens (primary N) is 1. The smallest absolute Gasteiger partial charge is 0.221 e. The Morgan fingerprint density at radius 3 is 2.62 bits per heavy atom. The van der Waals surface area contributed by atoms with Crippen LogP contribution in [0, 0.1) is 0 Å². The standard InChI is InChI=1S/C15H16N4O2/c1-3-8-19-15(16)13(9-20)14(18-19)11-4-6-12(7-5-11)17-10(2)21/h3-7,9H,1,8,16H2,2H3,(H,17,21). The summed E-state index contributed by atoms with van der Waals surface area (Å²) in [5, 5.41) is 7.01. The van der Waals surface area contributed by atoms with Gasteiger partial charge in [0.05, 0.1) is 12.1 Å². The molecule has 1 heterocycles. The van der Waals surface area contributed by atoms with Gasteiger partial charge in [-0.05, 0) is 12.1 Å². The highest BCUT2D eigenvalue weighted by atomic mass is 16.1. The fraction of sp³-hybridized carbons (Fsp3) is 0.133. The summed E-state index contributed by atoms with van der Waals surface area (Å²) in [7, 11) is 0. The van der Waals surface area contributed by atoms with Gasteiger partial charge in [0, 0.05) is 18.2 Å². The second kappa shape index (κ2) is 6.04. The molecule has 2 aromatic rings. The van der Waals surface area contributed by atoms with Gasteiger partial charge in [-0.1, -0.05) is 18.2 Å². The summed E-state index contributed by atoms with van der Waals surface area (Å²) in [5.74, 6) is 0.168. The van der Waals surface area contributed by atoms with E-state index in [4.69, 9.17) is 5.73 Å². The fourth-order valence-electron chi connectivity index (χ4n) is 1.99. The van der Waals surface area contributed by atoms with Crippen LogP contribution in [0.3, 0.4) is 0 Å². The van der Waals surface area contributed by atoms with Crippen LogP contribution in [0.15, 0.2) is 36.9 Å². The Bertz CT molecular complexity index is 686. The highest BCUT2D eigenvalue weighted by molar-refractivity contribution is 5.92. The van der Waals surface area contributed by atoms with Gasteiger partial charge < -0.3 is 11.1 Å². The van der Waals surface area contributed by atoms with Gasteiger partial charge in [0.15, 0.2) is 6.29 Å². The highest BCUT2D eigenvalue weighted by Crippen LogP contribution is 2.27. The van der Waals surface area contributed by atoms with E-state index in [2.05, 4.69) is 17.0 Å². The minimum atomic E-state index is -0.143. The van der Waals surface area contributed by atoms with Crippen LogP contribution >= 0.6 is 0 Å². The molecular formula is C15H16N4O2. The van der Waals surface area contributed by atoms with Gasteiger partial charge in [-0.3, -0.25) is 9.59 Å². The lowest BCUT2D eigenvalue weighted by molar-refractivity contribution is -0.114. The van der Waals surface area contributed by atoms with Gasteiger partial charge in [-0.2, -0.15) is 5.10 Å². The van der Waals surface area contributed by atoms with Gasteiger partial charge in [0.2, 0.25) is 5.91 Å². The van der Waals surface area contributed by atoms with Crippen LogP contribution in [0.2, 0.25) is 0 Å². The Morgan fingerprint density at radius 1 is 1.43 bits per heavy atom. The molecule has 0 fully saturated rings. The lowest BCUT2D eigenvalue weighted by Crippen LogP contribution is -2.05. The molecule has 0 aliphatic heterocycles. The Morgan fingerprint density at radius 2 is 2.10 bits per heavy atom. The van der Waals surface area contributed by atoms with E-state index in [1.807, 2.05) is 0 Å². The topological polar surface area (TPSA) is 90.0 Å². The lowest BCUT2D eigenvalue weighted by atomic mass is 10.1. The van der Waals surface area contributed by atoms with Crippen LogP contribution in [0.1, 0.15) is 17.3 Å². The number of anilines is 2. The number of aldehydes is 1. The van der Waals surface area contributed by atoms with E-state index in [0.717, 1.165) is 5.56 Å². The maximum atomic E-state index is 11.2. The molecule has 1 amide bonds. The van der Waals surface area contributed by atoms with E-state index in [0.29, 0.717) is 35.6 Å². The maximum Gasteiger partial charge on any atom is 0.221 e. The number of rotatable bonds is 5. The quantitative estimate of drug-likeness (QED) is 0.649. The summed E-state index contributed by atoms with van der Waals surface area (Å²) < 4.78 is 1.52. The molecular weight excluding hydrogens is 268 g/mol. The molecule has 6 nitrogen and oxygen atoms in total. The minimum absolute atomic E-state index is 0.143. The molecule has 0 saturated heterocycles.